The molecule has 7 nitrogen and oxygen atoms in total. The molecule has 0 aliphatic carbocycles. The van der Waals surface area contributed by atoms with E-state index in [-0.39, 0.29) is 23.0 Å². The Hall–Kier alpha value is -2.72. The van der Waals surface area contributed by atoms with Gasteiger partial charge in [-0.1, -0.05) is 41.4 Å². The number of carbonyl (C=O) groups excluding carboxylic acids is 1. The van der Waals surface area contributed by atoms with Crippen LogP contribution >= 0.6 is 23.2 Å². The van der Waals surface area contributed by atoms with Crippen LogP contribution in [0, 0.1) is 5.82 Å². The number of piperidine rings is 1. The lowest BCUT2D eigenvalue weighted by molar-refractivity contribution is 0.0713. The normalized spacial score (nSPS) is 14.8. The predicted octanol–water partition coefficient (Wildman–Crippen LogP) is 5.54. The van der Waals surface area contributed by atoms with E-state index in [1.165, 1.54) is 12.1 Å². The Morgan fingerprint density at radius 3 is 2.41 bits per heavy atom. The fraction of sp³-hybridized carbons (Fsp3) is 0.217. The maximum Gasteiger partial charge on any atom is 0.313 e. The second kappa shape index (κ2) is 9.87. The first kappa shape index (κ1) is 24.4. The molecular weight excluding hydrogens is 504 g/mol. The molecule has 2 aromatic carbocycles. The van der Waals surface area contributed by atoms with E-state index < -0.39 is 26.1 Å². The van der Waals surface area contributed by atoms with Crippen molar-refractivity contribution in [3.05, 3.63) is 81.7 Å². The van der Waals surface area contributed by atoms with Crippen molar-refractivity contribution < 1.29 is 22.2 Å². The van der Waals surface area contributed by atoms with Gasteiger partial charge in [-0.05, 0) is 54.7 Å². The van der Waals surface area contributed by atoms with Crippen LogP contribution in [-0.4, -0.2) is 41.9 Å². The molecular formula is C23H20Cl2FN3O4S. The first-order valence-corrected chi connectivity index (χ1v) is 12.6. The van der Waals surface area contributed by atoms with Crippen molar-refractivity contribution in [2.24, 2.45) is 0 Å². The van der Waals surface area contributed by atoms with Crippen molar-refractivity contribution in [3.63, 3.8) is 0 Å². The Morgan fingerprint density at radius 1 is 1.12 bits per heavy atom. The van der Waals surface area contributed by atoms with E-state index in [2.05, 4.69) is 10.3 Å². The number of nitrogens with zero attached hydrogens (tertiary/aromatic N) is 2. The third-order valence-corrected chi connectivity index (χ3v) is 7.19. The fourth-order valence-electron chi connectivity index (χ4n) is 3.97. The number of aromatic nitrogens is 1. The van der Waals surface area contributed by atoms with Crippen LogP contribution < -0.4 is 5.32 Å². The number of amides is 1. The van der Waals surface area contributed by atoms with E-state index in [0.29, 0.717) is 36.6 Å². The van der Waals surface area contributed by atoms with E-state index in [1.54, 1.807) is 41.3 Å². The van der Waals surface area contributed by atoms with Gasteiger partial charge in [0.1, 0.15) is 10.8 Å². The molecule has 1 aliphatic heterocycles. The molecule has 1 saturated heterocycles. The SMILES string of the molecule is O=C(c1cnc(S(=O)(=O)O)c(Cl)c1Nc1cccc(Cl)c1)N1CCC(c2ccc(F)cc2)CC1. The van der Waals surface area contributed by atoms with Gasteiger partial charge in [0.15, 0.2) is 0 Å². The van der Waals surface area contributed by atoms with Crippen LogP contribution in [0.3, 0.4) is 0 Å². The lowest BCUT2D eigenvalue weighted by atomic mass is 9.89. The summed E-state index contributed by atoms with van der Waals surface area (Å²) < 4.78 is 46.2. The third-order valence-electron chi connectivity index (χ3n) is 5.68. The number of anilines is 2. The zero-order valence-electron chi connectivity index (χ0n) is 17.7. The lowest BCUT2D eigenvalue weighted by Crippen LogP contribution is -2.38. The highest BCUT2D eigenvalue weighted by atomic mass is 35.5. The summed E-state index contributed by atoms with van der Waals surface area (Å²) in [6.45, 7) is 0.879. The smallest absolute Gasteiger partial charge is 0.313 e. The van der Waals surface area contributed by atoms with Crippen LogP contribution in [0.15, 0.2) is 59.8 Å². The first-order chi connectivity index (χ1) is 16.1. The van der Waals surface area contributed by atoms with E-state index in [0.717, 1.165) is 11.8 Å². The summed E-state index contributed by atoms with van der Waals surface area (Å²) in [6, 6.07) is 12.9. The number of halogens is 3. The van der Waals surface area contributed by atoms with Gasteiger partial charge in [-0.25, -0.2) is 9.37 Å². The molecule has 178 valence electrons. The number of likely N-dealkylation sites (tertiary alicyclic amines) is 1. The van der Waals surface area contributed by atoms with Crippen LogP contribution in [0.2, 0.25) is 10.0 Å². The highest BCUT2D eigenvalue weighted by Gasteiger charge is 2.30. The molecule has 0 unspecified atom stereocenters. The monoisotopic (exact) mass is 523 g/mol. The second-order valence-electron chi connectivity index (χ2n) is 7.89. The van der Waals surface area contributed by atoms with Gasteiger partial charge in [-0.2, -0.15) is 8.42 Å². The van der Waals surface area contributed by atoms with Crippen molar-refractivity contribution in [1.82, 2.24) is 9.88 Å². The van der Waals surface area contributed by atoms with Gasteiger partial charge in [0.2, 0.25) is 5.03 Å². The number of rotatable bonds is 5. The minimum atomic E-state index is -4.73. The first-order valence-electron chi connectivity index (χ1n) is 10.4. The molecule has 1 aromatic heterocycles. The molecule has 0 atom stereocenters. The topological polar surface area (TPSA) is 99.6 Å². The van der Waals surface area contributed by atoms with Crippen molar-refractivity contribution in [3.8, 4) is 0 Å². The molecule has 1 aliphatic rings. The van der Waals surface area contributed by atoms with Gasteiger partial charge >= 0.3 is 10.1 Å². The van der Waals surface area contributed by atoms with Crippen LogP contribution in [0.25, 0.3) is 0 Å². The van der Waals surface area contributed by atoms with Gasteiger partial charge in [-0.15, -0.1) is 0 Å². The molecule has 2 heterocycles. The summed E-state index contributed by atoms with van der Waals surface area (Å²) in [5.41, 5.74) is 1.53. The van der Waals surface area contributed by atoms with Gasteiger partial charge in [-0.3, -0.25) is 9.35 Å². The van der Waals surface area contributed by atoms with Crippen LogP contribution in [0.4, 0.5) is 15.8 Å². The van der Waals surface area contributed by atoms with Gasteiger partial charge in [0.05, 0.1) is 11.3 Å². The minimum Gasteiger partial charge on any atom is -0.353 e. The van der Waals surface area contributed by atoms with Crippen molar-refractivity contribution in [2.45, 2.75) is 23.8 Å². The molecule has 0 saturated carbocycles. The van der Waals surface area contributed by atoms with E-state index in [9.17, 15) is 22.2 Å². The zero-order valence-corrected chi connectivity index (χ0v) is 20.0. The molecule has 0 spiro atoms. The Kier molecular flexibility index (Phi) is 7.09. The quantitative estimate of drug-likeness (QED) is 0.426. The predicted molar refractivity (Wildman–Crippen MR) is 128 cm³/mol. The maximum absolute atomic E-state index is 13.4. The Labute approximate surface area is 206 Å². The van der Waals surface area contributed by atoms with Crippen molar-refractivity contribution in [2.75, 3.05) is 18.4 Å². The maximum atomic E-state index is 13.4. The Balaban J connectivity index is 1.62. The molecule has 2 N–H and O–H groups in total. The van der Waals surface area contributed by atoms with E-state index >= 15 is 0 Å². The van der Waals surface area contributed by atoms with E-state index in [4.69, 9.17) is 23.2 Å². The number of pyridine rings is 1. The third kappa shape index (κ3) is 5.33. The van der Waals surface area contributed by atoms with Crippen LogP contribution in [-0.2, 0) is 10.1 Å². The number of nitrogens with one attached hydrogen (secondary N) is 1. The number of benzene rings is 2. The highest BCUT2D eigenvalue weighted by molar-refractivity contribution is 7.85. The van der Waals surface area contributed by atoms with Gasteiger partial charge in [0, 0.05) is 30.0 Å². The second-order valence-corrected chi connectivity index (χ2v) is 10.0. The summed E-state index contributed by atoms with van der Waals surface area (Å²) >= 11 is 12.3. The molecule has 11 heteroatoms. The van der Waals surface area contributed by atoms with Gasteiger partial charge < -0.3 is 10.2 Å². The standard InChI is InChI=1S/C23H20Cl2FN3O4S/c24-16-2-1-3-18(12-16)28-21-19(13-27-22(20(21)25)34(31,32)33)23(30)29-10-8-15(9-11-29)14-4-6-17(26)7-5-14/h1-7,12-13,15H,8-11H2,(H,27,28)(H,31,32,33). The molecule has 0 radical (unpaired) electrons. The minimum absolute atomic E-state index is 0.00258. The molecule has 3 aromatic rings. The van der Waals surface area contributed by atoms with E-state index in [1.807, 2.05) is 0 Å². The zero-order chi connectivity index (χ0) is 24.5. The summed E-state index contributed by atoms with van der Waals surface area (Å²) in [5, 5.41) is 2.19. The van der Waals surface area contributed by atoms with Crippen LogP contribution in [0.1, 0.15) is 34.7 Å². The summed E-state index contributed by atoms with van der Waals surface area (Å²) in [6.07, 6.45) is 2.44. The number of hydrogen-bond donors (Lipinski definition) is 2. The lowest BCUT2D eigenvalue weighted by Gasteiger charge is -2.32. The molecule has 34 heavy (non-hydrogen) atoms. The van der Waals surface area contributed by atoms with Gasteiger partial charge in [0.25, 0.3) is 5.91 Å². The summed E-state index contributed by atoms with van der Waals surface area (Å²) in [7, 11) is -4.73. The van der Waals surface area contributed by atoms with Crippen molar-refractivity contribution in [1.29, 1.82) is 0 Å². The Bertz CT molecular complexity index is 1330. The molecule has 4 rings (SSSR count). The molecule has 1 fully saturated rings. The number of hydrogen-bond acceptors (Lipinski definition) is 5. The summed E-state index contributed by atoms with van der Waals surface area (Å²) in [4.78, 5) is 18.7. The van der Waals surface area contributed by atoms with Crippen LogP contribution in [0.5, 0.6) is 0 Å². The molecule has 0 bridgehead atoms. The highest BCUT2D eigenvalue weighted by Crippen LogP contribution is 2.36. The number of carbonyl (C=O) groups is 1. The molecule has 1 amide bonds. The average molecular weight is 524 g/mol. The summed E-state index contributed by atoms with van der Waals surface area (Å²) in [5.74, 6) is -0.496. The largest absolute Gasteiger partial charge is 0.353 e. The fourth-order valence-corrected chi connectivity index (χ4v) is 5.16. The van der Waals surface area contributed by atoms with Crippen molar-refractivity contribution >= 4 is 50.6 Å². The Morgan fingerprint density at radius 2 is 1.79 bits per heavy atom. The average Bonchev–Trinajstić information content (AvgIpc) is 2.80.